The number of rotatable bonds is 6. The van der Waals surface area contributed by atoms with E-state index in [-0.39, 0.29) is 5.91 Å². The van der Waals surface area contributed by atoms with Crippen LogP contribution in [0.3, 0.4) is 0 Å². The molecule has 1 fully saturated rings. The maximum Gasteiger partial charge on any atom is 0.253 e. The minimum absolute atomic E-state index is 0.176. The highest BCUT2D eigenvalue weighted by Gasteiger charge is 2.23. The molecule has 1 aromatic carbocycles. The Morgan fingerprint density at radius 3 is 2.56 bits per heavy atom. The number of likely N-dealkylation sites (N-methyl/N-ethyl adjacent to an activating group) is 1. The molecule has 1 amide bonds. The van der Waals surface area contributed by atoms with E-state index in [0.717, 1.165) is 44.6 Å². The van der Waals surface area contributed by atoms with Gasteiger partial charge in [-0.15, -0.1) is 0 Å². The van der Waals surface area contributed by atoms with Crippen molar-refractivity contribution in [2.24, 2.45) is 5.92 Å². The number of amides is 1. The van der Waals surface area contributed by atoms with Crippen LogP contribution in [0.5, 0.6) is 0 Å². The highest BCUT2D eigenvalue weighted by atomic mass is 16.2. The van der Waals surface area contributed by atoms with Crippen molar-refractivity contribution >= 4 is 5.91 Å². The fraction of sp³-hybridized carbons (Fsp3) is 0.500. The number of benzene rings is 1. The zero-order valence-electron chi connectivity index (χ0n) is 15.6. The second-order valence-electron chi connectivity index (χ2n) is 7.50. The van der Waals surface area contributed by atoms with Crippen molar-refractivity contribution in [2.75, 3.05) is 33.2 Å². The Kier molecular flexibility index (Phi) is 6.09. The summed E-state index contributed by atoms with van der Waals surface area (Å²) in [6.07, 6.45) is 10.4. The van der Waals surface area contributed by atoms with E-state index in [9.17, 15) is 4.79 Å². The van der Waals surface area contributed by atoms with Gasteiger partial charge in [0.05, 0.1) is 0 Å². The van der Waals surface area contributed by atoms with E-state index in [0.29, 0.717) is 5.92 Å². The summed E-state index contributed by atoms with van der Waals surface area (Å²) < 4.78 is 0. The highest BCUT2D eigenvalue weighted by Crippen LogP contribution is 2.20. The first-order chi connectivity index (χ1) is 12.1. The first kappa shape index (κ1) is 17.9. The number of aryl methyl sites for hydroxylation is 1. The van der Waals surface area contributed by atoms with Gasteiger partial charge in [0.2, 0.25) is 0 Å². The fourth-order valence-corrected chi connectivity index (χ4v) is 3.74. The molecule has 0 atom stereocenters. The monoisotopic (exact) mass is 338 g/mol. The number of allylic oxidation sites excluding steroid dienone is 2. The van der Waals surface area contributed by atoms with Gasteiger partial charge >= 0.3 is 0 Å². The third-order valence-electron chi connectivity index (χ3n) is 5.44. The van der Waals surface area contributed by atoms with Gasteiger partial charge in [-0.1, -0.05) is 48.1 Å². The number of likely N-dealkylation sites (tertiary alicyclic amines) is 1. The second-order valence-corrected chi connectivity index (χ2v) is 7.50. The lowest BCUT2D eigenvalue weighted by atomic mass is 9.95. The molecule has 25 heavy (non-hydrogen) atoms. The van der Waals surface area contributed by atoms with Crippen LogP contribution in [0.2, 0.25) is 0 Å². The molecule has 0 unspecified atom stereocenters. The van der Waals surface area contributed by atoms with Crippen molar-refractivity contribution in [3.8, 4) is 0 Å². The quantitative estimate of drug-likeness (QED) is 0.791. The Hall–Kier alpha value is -1.87. The molecule has 0 saturated carbocycles. The minimum atomic E-state index is 0.176. The normalized spacial score (nSPS) is 18.4. The average Bonchev–Trinajstić information content (AvgIpc) is 3.16. The maximum atomic E-state index is 12.4. The van der Waals surface area contributed by atoms with Gasteiger partial charge in [0, 0.05) is 25.7 Å². The molecule has 0 bridgehead atoms. The van der Waals surface area contributed by atoms with Gasteiger partial charge in [-0.2, -0.15) is 0 Å². The maximum absolute atomic E-state index is 12.4. The van der Waals surface area contributed by atoms with Crippen LogP contribution >= 0.6 is 0 Å². The summed E-state index contributed by atoms with van der Waals surface area (Å²) in [6.45, 7) is 6.47. The molecule has 0 radical (unpaired) electrons. The zero-order valence-corrected chi connectivity index (χ0v) is 15.6. The molecule has 0 aromatic heterocycles. The Morgan fingerprint density at radius 2 is 1.92 bits per heavy atom. The van der Waals surface area contributed by atoms with Crippen LogP contribution < -0.4 is 0 Å². The van der Waals surface area contributed by atoms with Crippen LogP contribution in [0.4, 0.5) is 0 Å². The van der Waals surface area contributed by atoms with Gasteiger partial charge in [-0.25, -0.2) is 0 Å². The fourth-order valence-electron chi connectivity index (χ4n) is 3.74. The number of hydrogen-bond acceptors (Lipinski definition) is 2. The summed E-state index contributed by atoms with van der Waals surface area (Å²) in [4.78, 5) is 16.8. The van der Waals surface area contributed by atoms with Crippen molar-refractivity contribution in [3.05, 3.63) is 59.2 Å². The first-order valence-electron chi connectivity index (χ1n) is 9.52. The van der Waals surface area contributed by atoms with Crippen LogP contribution in [0.25, 0.3) is 0 Å². The highest BCUT2D eigenvalue weighted by molar-refractivity contribution is 5.96. The van der Waals surface area contributed by atoms with Crippen molar-refractivity contribution < 1.29 is 4.79 Å². The van der Waals surface area contributed by atoms with Crippen LogP contribution in [-0.2, 0) is 11.2 Å². The Labute approximate surface area is 152 Å². The number of hydrogen-bond donors (Lipinski definition) is 0. The Morgan fingerprint density at radius 1 is 1.20 bits per heavy atom. The van der Waals surface area contributed by atoms with E-state index >= 15 is 0 Å². The molecule has 0 spiro atoms. The van der Waals surface area contributed by atoms with Crippen LogP contribution in [0.1, 0.15) is 30.4 Å². The molecule has 134 valence electrons. The molecule has 1 aliphatic carbocycles. The Balaban J connectivity index is 1.38. The Bertz CT molecular complexity index is 636. The lowest BCUT2D eigenvalue weighted by Gasteiger charge is -2.34. The largest absolute Gasteiger partial charge is 0.341 e. The topological polar surface area (TPSA) is 23.6 Å². The van der Waals surface area contributed by atoms with E-state index in [1.54, 1.807) is 0 Å². The summed E-state index contributed by atoms with van der Waals surface area (Å²) >= 11 is 0. The first-order valence-corrected chi connectivity index (χ1v) is 9.52. The molecule has 3 nitrogen and oxygen atoms in total. The van der Waals surface area contributed by atoms with Crippen molar-refractivity contribution in [1.29, 1.82) is 0 Å². The summed E-state index contributed by atoms with van der Waals surface area (Å²) in [5.74, 6) is 0.811. The van der Waals surface area contributed by atoms with E-state index in [2.05, 4.69) is 36.1 Å². The second kappa shape index (κ2) is 8.48. The number of carbonyl (C=O) groups is 1. The predicted molar refractivity (Wildman–Crippen MR) is 104 cm³/mol. The predicted octanol–water partition coefficient (Wildman–Crippen LogP) is 3.59. The lowest BCUT2D eigenvalue weighted by Crippen LogP contribution is -2.40. The standard InChI is InChI=1S/C22H30N2O/c1-18-7-9-19(10-8-18)11-14-24-15-12-20(13-16-24)17-23(2)22(25)21-5-3-4-6-21/h3,5-10,20H,4,11-17H2,1-2H3. The van der Waals surface area contributed by atoms with E-state index in [1.807, 2.05) is 30.2 Å². The lowest BCUT2D eigenvalue weighted by molar-refractivity contribution is -0.126. The number of piperidine rings is 1. The van der Waals surface area contributed by atoms with Gasteiger partial charge in [0.25, 0.3) is 5.91 Å². The molecule has 2 aliphatic rings. The molecule has 1 heterocycles. The van der Waals surface area contributed by atoms with E-state index in [1.165, 1.54) is 24.0 Å². The molecular formula is C22H30N2O. The van der Waals surface area contributed by atoms with Crippen LogP contribution in [0, 0.1) is 12.8 Å². The molecular weight excluding hydrogens is 308 g/mol. The van der Waals surface area contributed by atoms with Gasteiger partial charge in [0.1, 0.15) is 0 Å². The van der Waals surface area contributed by atoms with E-state index < -0.39 is 0 Å². The molecule has 3 heteroatoms. The third kappa shape index (κ3) is 5.05. The van der Waals surface area contributed by atoms with E-state index in [4.69, 9.17) is 0 Å². The average molecular weight is 338 g/mol. The van der Waals surface area contributed by atoms with Crippen LogP contribution in [0.15, 0.2) is 48.1 Å². The minimum Gasteiger partial charge on any atom is -0.341 e. The van der Waals surface area contributed by atoms with Crippen molar-refractivity contribution in [3.63, 3.8) is 0 Å². The summed E-state index contributed by atoms with van der Waals surface area (Å²) in [5, 5.41) is 0. The number of nitrogens with zero attached hydrogens (tertiary/aromatic N) is 2. The molecule has 1 saturated heterocycles. The molecule has 1 aromatic rings. The number of carbonyl (C=O) groups excluding carboxylic acids is 1. The van der Waals surface area contributed by atoms with Gasteiger partial charge in [-0.05, 0) is 57.2 Å². The van der Waals surface area contributed by atoms with Gasteiger partial charge in [-0.3, -0.25) is 4.79 Å². The summed E-state index contributed by atoms with van der Waals surface area (Å²) in [5.41, 5.74) is 3.61. The van der Waals surface area contributed by atoms with Crippen LogP contribution in [-0.4, -0.2) is 48.9 Å². The van der Waals surface area contributed by atoms with Gasteiger partial charge in [0.15, 0.2) is 0 Å². The summed E-state index contributed by atoms with van der Waals surface area (Å²) in [7, 11) is 1.94. The van der Waals surface area contributed by atoms with Crippen molar-refractivity contribution in [2.45, 2.75) is 32.6 Å². The third-order valence-corrected chi connectivity index (χ3v) is 5.44. The molecule has 1 aliphatic heterocycles. The molecule has 0 N–H and O–H groups in total. The summed E-state index contributed by atoms with van der Waals surface area (Å²) in [6, 6.07) is 8.89. The van der Waals surface area contributed by atoms with Gasteiger partial charge < -0.3 is 9.80 Å². The SMILES string of the molecule is Cc1ccc(CCN2CCC(CN(C)C(=O)C3=CCC=C3)CC2)cc1. The smallest absolute Gasteiger partial charge is 0.253 e. The molecule has 3 rings (SSSR count). The van der Waals surface area contributed by atoms with Crippen molar-refractivity contribution in [1.82, 2.24) is 9.80 Å². The zero-order chi connectivity index (χ0) is 17.6.